The minimum absolute atomic E-state index is 0.0410. The molecule has 10 heteroatoms. The van der Waals surface area contributed by atoms with Crippen LogP contribution >= 0.6 is 0 Å². The van der Waals surface area contributed by atoms with Gasteiger partial charge < -0.3 is 19.3 Å². The number of amides is 1. The van der Waals surface area contributed by atoms with Crippen LogP contribution < -0.4 is 4.74 Å². The van der Waals surface area contributed by atoms with E-state index in [4.69, 9.17) is 9.47 Å². The number of hydrogen-bond donors (Lipinski definition) is 0. The molecule has 2 aliphatic rings. The molecular formula is C27H46N4O5S. The van der Waals surface area contributed by atoms with Crippen molar-refractivity contribution in [2.24, 2.45) is 0 Å². The Hall–Kier alpha value is -1.72. The summed E-state index contributed by atoms with van der Waals surface area (Å²) in [6.07, 6.45) is 5.56. The van der Waals surface area contributed by atoms with E-state index in [2.05, 4.69) is 16.8 Å². The van der Waals surface area contributed by atoms with E-state index in [0.717, 1.165) is 45.4 Å². The largest absolute Gasteiger partial charge is 0.497 e. The van der Waals surface area contributed by atoms with Gasteiger partial charge >= 0.3 is 0 Å². The lowest BCUT2D eigenvalue weighted by atomic mass is 9.89. The monoisotopic (exact) mass is 538 g/mol. The standard InChI is InChI=1S/C27H46N4O5S/c1-21-17-25(35-6)18-22(2)27(21)37(33,34)29(4)15-16-36-20-26(32)30(5)23-9-7-10-24(19-23)31-12-8-11-28(3)13-14-31/h17-18,23-24H,7-16,19-20H2,1-6H3/t23-,24+/m1/s1. The normalized spacial score (nSPS) is 22.1. The molecule has 1 aliphatic carbocycles. The van der Waals surface area contributed by atoms with Crippen LogP contribution in [0.15, 0.2) is 17.0 Å². The highest BCUT2D eigenvalue weighted by molar-refractivity contribution is 7.89. The molecule has 1 heterocycles. The van der Waals surface area contributed by atoms with Crippen molar-refractivity contribution in [1.82, 2.24) is 19.0 Å². The van der Waals surface area contributed by atoms with Gasteiger partial charge in [0.2, 0.25) is 15.9 Å². The smallest absolute Gasteiger partial charge is 0.248 e. The van der Waals surface area contributed by atoms with Gasteiger partial charge in [-0.3, -0.25) is 9.69 Å². The van der Waals surface area contributed by atoms with Gasteiger partial charge in [0, 0.05) is 45.8 Å². The van der Waals surface area contributed by atoms with Crippen LogP contribution in [0.1, 0.15) is 43.2 Å². The summed E-state index contributed by atoms with van der Waals surface area (Å²) in [6.45, 7) is 8.29. The fraction of sp³-hybridized carbons (Fsp3) is 0.741. The first-order valence-corrected chi connectivity index (χ1v) is 14.9. The summed E-state index contributed by atoms with van der Waals surface area (Å²) >= 11 is 0. The van der Waals surface area contributed by atoms with Crippen LogP contribution in [0.2, 0.25) is 0 Å². The summed E-state index contributed by atoms with van der Waals surface area (Å²) in [5.74, 6) is 0.583. The SMILES string of the molecule is COc1cc(C)c(S(=O)(=O)N(C)CCOCC(=O)N(C)[C@@H]2CCC[C@H](N3CCCN(C)CC3)C2)c(C)c1. The molecule has 1 amide bonds. The van der Waals surface area contributed by atoms with Gasteiger partial charge in [-0.25, -0.2) is 8.42 Å². The zero-order chi connectivity index (χ0) is 27.2. The molecule has 3 rings (SSSR count). The van der Waals surface area contributed by atoms with Gasteiger partial charge in [-0.1, -0.05) is 0 Å². The molecule has 0 N–H and O–H groups in total. The first kappa shape index (κ1) is 29.8. The van der Waals surface area contributed by atoms with E-state index in [1.165, 1.54) is 17.1 Å². The predicted molar refractivity (Wildman–Crippen MR) is 146 cm³/mol. The first-order valence-electron chi connectivity index (χ1n) is 13.4. The molecule has 37 heavy (non-hydrogen) atoms. The molecule has 2 fully saturated rings. The number of nitrogens with zero attached hydrogens (tertiary/aromatic N) is 4. The third-order valence-electron chi connectivity index (χ3n) is 7.94. The Morgan fingerprint density at radius 3 is 2.43 bits per heavy atom. The average molecular weight is 539 g/mol. The van der Waals surface area contributed by atoms with Crippen LogP contribution in [0.4, 0.5) is 0 Å². The Morgan fingerprint density at radius 2 is 1.76 bits per heavy atom. The second kappa shape index (κ2) is 13.4. The van der Waals surface area contributed by atoms with Crippen molar-refractivity contribution < 1.29 is 22.7 Å². The minimum Gasteiger partial charge on any atom is -0.497 e. The second-order valence-electron chi connectivity index (χ2n) is 10.6. The zero-order valence-electron chi connectivity index (χ0n) is 23.5. The van der Waals surface area contributed by atoms with Crippen LogP contribution in [-0.2, 0) is 19.6 Å². The number of aryl methyl sites for hydroxylation is 2. The lowest BCUT2D eigenvalue weighted by molar-refractivity contribution is -0.138. The zero-order valence-corrected chi connectivity index (χ0v) is 24.3. The van der Waals surface area contributed by atoms with Gasteiger partial charge in [-0.2, -0.15) is 4.31 Å². The predicted octanol–water partition coefficient (Wildman–Crippen LogP) is 2.36. The van der Waals surface area contributed by atoms with Crippen LogP contribution in [0, 0.1) is 13.8 Å². The third-order valence-corrected chi connectivity index (χ3v) is 10.1. The quantitative estimate of drug-likeness (QED) is 0.423. The van der Waals surface area contributed by atoms with Gasteiger partial charge in [0.25, 0.3) is 0 Å². The maximum Gasteiger partial charge on any atom is 0.248 e. The van der Waals surface area contributed by atoms with E-state index < -0.39 is 10.0 Å². The first-order chi connectivity index (χ1) is 17.5. The molecule has 0 spiro atoms. The van der Waals surface area contributed by atoms with Crippen molar-refractivity contribution >= 4 is 15.9 Å². The minimum atomic E-state index is -3.69. The second-order valence-corrected chi connectivity index (χ2v) is 12.6. The number of sulfonamides is 1. The summed E-state index contributed by atoms with van der Waals surface area (Å²) in [6, 6.07) is 4.20. The van der Waals surface area contributed by atoms with E-state index in [0.29, 0.717) is 22.9 Å². The van der Waals surface area contributed by atoms with Crippen molar-refractivity contribution in [2.75, 3.05) is 74.2 Å². The Morgan fingerprint density at radius 1 is 1.05 bits per heavy atom. The van der Waals surface area contributed by atoms with E-state index in [-0.39, 0.29) is 36.6 Å². The maximum atomic E-state index is 13.2. The molecule has 1 aromatic carbocycles. The Kier molecular flexibility index (Phi) is 10.8. The molecule has 0 aromatic heterocycles. The number of hydrogen-bond acceptors (Lipinski definition) is 7. The van der Waals surface area contributed by atoms with E-state index in [1.807, 2.05) is 11.9 Å². The molecule has 0 unspecified atom stereocenters. The fourth-order valence-corrected chi connectivity index (χ4v) is 7.18. The van der Waals surface area contributed by atoms with Crippen LogP contribution in [0.5, 0.6) is 5.75 Å². The highest BCUT2D eigenvalue weighted by Gasteiger charge is 2.31. The highest BCUT2D eigenvalue weighted by Crippen LogP contribution is 2.28. The highest BCUT2D eigenvalue weighted by atomic mass is 32.2. The summed E-state index contributed by atoms with van der Waals surface area (Å²) in [5.41, 5.74) is 1.28. The van der Waals surface area contributed by atoms with Gasteiger partial charge in [0.15, 0.2) is 0 Å². The summed E-state index contributed by atoms with van der Waals surface area (Å²) in [7, 11) is 3.48. The molecule has 210 valence electrons. The van der Waals surface area contributed by atoms with E-state index in [9.17, 15) is 13.2 Å². The molecule has 1 saturated heterocycles. The average Bonchev–Trinajstić information content (AvgIpc) is 3.09. The number of likely N-dealkylation sites (N-methyl/N-ethyl adjacent to an activating group) is 3. The van der Waals surface area contributed by atoms with E-state index >= 15 is 0 Å². The molecule has 1 aromatic rings. The van der Waals surface area contributed by atoms with Crippen LogP contribution in [0.25, 0.3) is 0 Å². The third kappa shape index (κ3) is 7.66. The van der Waals surface area contributed by atoms with Crippen molar-refractivity contribution in [3.8, 4) is 5.75 Å². The number of benzene rings is 1. The summed E-state index contributed by atoms with van der Waals surface area (Å²) in [4.78, 5) is 20.0. The van der Waals surface area contributed by atoms with Gasteiger partial charge in [0.1, 0.15) is 12.4 Å². The molecular weight excluding hydrogens is 492 g/mol. The topological polar surface area (TPSA) is 82.6 Å². The van der Waals surface area contributed by atoms with E-state index in [1.54, 1.807) is 40.1 Å². The van der Waals surface area contributed by atoms with Crippen molar-refractivity contribution in [3.05, 3.63) is 23.3 Å². The molecule has 2 atom stereocenters. The Labute approximate surface area is 223 Å². The van der Waals surface area contributed by atoms with Gasteiger partial charge in [-0.05, 0) is 89.3 Å². The van der Waals surface area contributed by atoms with Gasteiger partial charge in [-0.15, -0.1) is 0 Å². The number of rotatable bonds is 10. The number of carbonyl (C=O) groups is 1. The molecule has 1 saturated carbocycles. The lowest BCUT2D eigenvalue weighted by Crippen LogP contribution is -2.48. The van der Waals surface area contributed by atoms with Crippen molar-refractivity contribution in [2.45, 2.75) is 62.9 Å². The maximum absolute atomic E-state index is 13.2. The Balaban J connectivity index is 1.47. The van der Waals surface area contributed by atoms with Gasteiger partial charge in [0.05, 0.1) is 18.6 Å². The number of carbonyl (C=O) groups excluding carboxylic acids is 1. The molecule has 0 radical (unpaired) electrons. The lowest BCUT2D eigenvalue weighted by Gasteiger charge is -2.40. The summed E-state index contributed by atoms with van der Waals surface area (Å²) < 4.78 is 38.5. The van der Waals surface area contributed by atoms with Crippen molar-refractivity contribution in [3.63, 3.8) is 0 Å². The Bertz CT molecular complexity index is 995. The van der Waals surface area contributed by atoms with Crippen LogP contribution in [-0.4, -0.2) is 120 Å². The fourth-order valence-electron chi connectivity index (χ4n) is 5.62. The molecule has 0 bridgehead atoms. The number of methoxy groups -OCH3 is 1. The van der Waals surface area contributed by atoms with Crippen molar-refractivity contribution in [1.29, 1.82) is 0 Å². The number of ether oxygens (including phenoxy) is 2. The van der Waals surface area contributed by atoms with Crippen LogP contribution in [0.3, 0.4) is 0 Å². The molecule has 1 aliphatic heterocycles. The summed E-state index contributed by atoms with van der Waals surface area (Å²) in [5, 5.41) is 0. The molecule has 9 nitrogen and oxygen atoms in total.